The van der Waals surface area contributed by atoms with E-state index in [1.165, 1.54) is 4.31 Å². The van der Waals surface area contributed by atoms with E-state index in [1.54, 1.807) is 18.2 Å². The van der Waals surface area contributed by atoms with Gasteiger partial charge in [0.2, 0.25) is 10.0 Å². The van der Waals surface area contributed by atoms with Gasteiger partial charge in [0.05, 0.1) is 23.6 Å². The molecule has 0 aliphatic carbocycles. The second kappa shape index (κ2) is 13.0. The lowest BCUT2D eigenvalue weighted by molar-refractivity contribution is 0.0813. The molecule has 0 saturated carbocycles. The number of aliphatic hydroxyl groups excluding tert-OH is 1. The minimum absolute atomic E-state index is 0.0236. The van der Waals surface area contributed by atoms with E-state index >= 15 is 0 Å². The quantitative estimate of drug-likeness (QED) is 0.343. The maximum atomic E-state index is 13.6. The molecule has 2 aromatic carbocycles. The zero-order valence-electron chi connectivity index (χ0n) is 23.3. The van der Waals surface area contributed by atoms with Gasteiger partial charge in [-0.1, -0.05) is 51.1 Å². The Bertz CT molecular complexity index is 1160. The number of sulfonamides is 1. The van der Waals surface area contributed by atoms with Crippen LogP contribution in [0.15, 0.2) is 48.5 Å². The summed E-state index contributed by atoms with van der Waals surface area (Å²) in [7, 11) is -3.43. The Morgan fingerprint density at radius 3 is 2.45 bits per heavy atom. The van der Waals surface area contributed by atoms with Crippen LogP contribution in [0.1, 0.15) is 63.4 Å². The summed E-state index contributed by atoms with van der Waals surface area (Å²) in [6.45, 7) is 11.8. The maximum Gasteiger partial charge on any atom is 0.251 e. The second-order valence-electron chi connectivity index (χ2n) is 11.2. The summed E-state index contributed by atoms with van der Waals surface area (Å²) in [6, 6.07) is 14.5. The zero-order chi connectivity index (χ0) is 27.9. The summed E-state index contributed by atoms with van der Waals surface area (Å²) >= 11 is 0. The standard InChI is InChI=1S/C29H44N4O4S/c1-6-30-24-17-23(18-25(19-24)33-14-10-11-15-38(33,36)37)28(35)32-26(16-22-12-8-7-9-13-22)27(34)20-31-21(2)29(3,4)5/h7-9,12-13,17-19,21,26-27,30-31,34H,6,10-11,14-16,20H2,1-5H3,(H,32,35)/t21-,26-,27+/m0/s1. The summed E-state index contributed by atoms with van der Waals surface area (Å²) in [4.78, 5) is 13.6. The van der Waals surface area contributed by atoms with Gasteiger partial charge < -0.3 is 21.1 Å². The third kappa shape index (κ3) is 8.19. The van der Waals surface area contributed by atoms with Gasteiger partial charge in [-0.15, -0.1) is 0 Å². The van der Waals surface area contributed by atoms with Crippen molar-refractivity contribution in [1.82, 2.24) is 10.6 Å². The minimum atomic E-state index is -3.43. The summed E-state index contributed by atoms with van der Waals surface area (Å²) in [5.41, 5.74) is 2.53. The zero-order valence-corrected chi connectivity index (χ0v) is 24.1. The van der Waals surface area contributed by atoms with Crippen molar-refractivity contribution in [3.8, 4) is 0 Å². The lowest BCUT2D eigenvalue weighted by Crippen LogP contribution is -2.51. The van der Waals surface area contributed by atoms with Crippen LogP contribution in [0.3, 0.4) is 0 Å². The Labute approximate surface area is 228 Å². The number of nitrogens with zero attached hydrogens (tertiary/aromatic N) is 1. The van der Waals surface area contributed by atoms with Crippen molar-refractivity contribution in [3.05, 3.63) is 59.7 Å². The van der Waals surface area contributed by atoms with Crippen molar-refractivity contribution in [1.29, 1.82) is 0 Å². The summed E-state index contributed by atoms with van der Waals surface area (Å²) in [6.07, 6.45) is 1.04. The third-order valence-corrected chi connectivity index (χ3v) is 9.08. The highest BCUT2D eigenvalue weighted by atomic mass is 32.2. The summed E-state index contributed by atoms with van der Waals surface area (Å²) in [5.74, 6) is -0.255. The Morgan fingerprint density at radius 1 is 1.11 bits per heavy atom. The van der Waals surface area contributed by atoms with Gasteiger partial charge in [-0.3, -0.25) is 9.10 Å². The fourth-order valence-electron chi connectivity index (χ4n) is 4.42. The van der Waals surface area contributed by atoms with E-state index in [1.807, 2.05) is 37.3 Å². The normalized spacial score (nSPS) is 17.9. The van der Waals surface area contributed by atoms with E-state index in [2.05, 4.69) is 43.6 Å². The highest BCUT2D eigenvalue weighted by molar-refractivity contribution is 7.92. The Morgan fingerprint density at radius 2 is 1.82 bits per heavy atom. The van der Waals surface area contributed by atoms with Crippen molar-refractivity contribution in [2.24, 2.45) is 5.41 Å². The van der Waals surface area contributed by atoms with Gasteiger partial charge >= 0.3 is 0 Å². The van der Waals surface area contributed by atoms with E-state index in [9.17, 15) is 18.3 Å². The van der Waals surface area contributed by atoms with Crippen LogP contribution in [-0.4, -0.2) is 63.0 Å². The van der Waals surface area contributed by atoms with Gasteiger partial charge in [0.15, 0.2) is 0 Å². The predicted molar refractivity (Wildman–Crippen MR) is 155 cm³/mol. The topological polar surface area (TPSA) is 111 Å². The number of nitrogens with one attached hydrogen (secondary N) is 3. The smallest absolute Gasteiger partial charge is 0.251 e. The van der Waals surface area contributed by atoms with Gasteiger partial charge in [-0.25, -0.2) is 8.42 Å². The van der Waals surface area contributed by atoms with Gasteiger partial charge in [0, 0.05) is 36.9 Å². The average Bonchev–Trinajstić information content (AvgIpc) is 2.86. The van der Waals surface area contributed by atoms with E-state index < -0.39 is 22.2 Å². The van der Waals surface area contributed by atoms with Crippen LogP contribution in [0.5, 0.6) is 0 Å². The molecule has 4 N–H and O–H groups in total. The minimum Gasteiger partial charge on any atom is -0.390 e. The Hall–Kier alpha value is -2.62. The van der Waals surface area contributed by atoms with E-state index in [0.717, 1.165) is 12.0 Å². The molecule has 3 atom stereocenters. The SMILES string of the molecule is CCNc1cc(C(=O)N[C@@H](Cc2ccccc2)[C@H](O)CN[C@@H](C)C(C)(C)C)cc(N2CCCCS2(=O)=O)c1. The number of anilines is 2. The lowest BCUT2D eigenvalue weighted by Gasteiger charge is -2.31. The molecule has 3 rings (SSSR count). The third-order valence-electron chi connectivity index (χ3n) is 7.21. The van der Waals surface area contributed by atoms with Crippen LogP contribution in [0.2, 0.25) is 0 Å². The van der Waals surface area contributed by atoms with Gasteiger partial charge in [0.25, 0.3) is 5.91 Å². The predicted octanol–water partition coefficient (Wildman–Crippen LogP) is 3.77. The first kappa shape index (κ1) is 29.9. The number of carbonyl (C=O) groups is 1. The first-order valence-electron chi connectivity index (χ1n) is 13.6. The second-order valence-corrected chi connectivity index (χ2v) is 13.2. The molecule has 0 spiro atoms. The molecule has 0 bridgehead atoms. The van der Waals surface area contributed by atoms with Crippen LogP contribution in [0.25, 0.3) is 0 Å². The molecule has 38 heavy (non-hydrogen) atoms. The number of amides is 1. The largest absolute Gasteiger partial charge is 0.390 e. The van der Waals surface area contributed by atoms with E-state index in [-0.39, 0.29) is 23.1 Å². The van der Waals surface area contributed by atoms with E-state index in [4.69, 9.17) is 0 Å². The number of hydrogen-bond acceptors (Lipinski definition) is 6. The molecular formula is C29H44N4O4S. The highest BCUT2D eigenvalue weighted by Crippen LogP contribution is 2.28. The maximum absolute atomic E-state index is 13.6. The molecule has 2 aromatic rings. The van der Waals surface area contributed by atoms with E-state index in [0.29, 0.717) is 49.4 Å². The number of carbonyl (C=O) groups excluding carboxylic acids is 1. The summed E-state index contributed by atoms with van der Waals surface area (Å²) in [5, 5.41) is 20.8. The molecule has 1 amide bonds. The number of hydrogen-bond donors (Lipinski definition) is 4. The molecule has 1 aliphatic rings. The number of aliphatic hydroxyl groups is 1. The number of benzene rings is 2. The molecule has 9 heteroatoms. The summed E-state index contributed by atoms with van der Waals surface area (Å²) < 4.78 is 26.9. The van der Waals surface area contributed by atoms with Gasteiger partial charge in [-0.2, -0.15) is 0 Å². The molecule has 1 aliphatic heterocycles. The van der Waals surface area contributed by atoms with Crippen LogP contribution in [0.4, 0.5) is 11.4 Å². The van der Waals surface area contributed by atoms with Gasteiger partial charge in [-0.05, 0) is 62.3 Å². The molecule has 210 valence electrons. The molecule has 0 radical (unpaired) electrons. The van der Waals surface area contributed by atoms with Crippen molar-refractivity contribution in [2.75, 3.05) is 35.0 Å². The fourth-order valence-corrected chi connectivity index (χ4v) is 6.04. The molecular weight excluding hydrogens is 500 g/mol. The average molecular weight is 545 g/mol. The van der Waals surface area contributed by atoms with Crippen molar-refractivity contribution < 1.29 is 18.3 Å². The van der Waals surface area contributed by atoms with Crippen molar-refractivity contribution in [2.45, 2.75) is 72.1 Å². The Kier molecular flexibility index (Phi) is 10.2. The van der Waals surface area contributed by atoms with Crippen LogP contribution in [0, 0.1) is 5.41 Å². The fraction of sp³-hybridized carbons (Fsp3) is 0.552. The molecule has 1 saturated heterocycles. The first-order valence-corrected chi connectivity index (χ1v) is 15.2. The molecule has 1 fully saturated rings. The highest BCUT2D eigenvalue weighted by Gasteiger charge is 2.29. The lowest BCUT2D eigenvalue weighted by atomic mass is 9.88. The first-order chi connectivity index (χ1) is 17.9. The molecule has 8 nitrogen and oxygen atoms in total. The molecule has 0 unspecified atom stereocenters. The van der Waals surface area contributed by atoms with Crippen LogP contribution >= 0.6 is 0 Å². The molecule has 0 aromatic heterocycles. The number of rotatable bonds is 11. The van der Waals surface area contributed by atoms with Crippen LogP contribution < -0.4 is 20.3 Å². The molecule has 1 heterocycles. The van der Waals surface area contributed by atoms with Crippen molar-refractivity contribution in [3.63, 3.8) is 0 Å². The van der Waals surface area contributed by atoms with Crippen molar-refractivity contribution >= 4 is 27.3 Å². The van der Waals surface area contributed by atoms with Gasteiger partial charge in [0.1, 0.15) is 0 Å². The Balaban J connectivity index is 1.86. The van der Waals surface area contributed by atoms with Crippen LogP contribution in [-0.2, 0) is 16.4 Å². The monoisotopic (exact) mass is 544 g/mol.